The Hall–Kier alpha value is -1.53. The topological polar surface area (TPSA) is 42.2 Å². The number of methoxy groups -OCH3 is 1. The van der Waals surface area contributed by atoms with Gasteiger partial charge in [0.2, 0.25) is 0 Å². The highest BCUT2D eigenvalue weighted by Crippen LogP contribution is 2.21. The molecule has 0 aliphatic carbocycles. The number of hydrogen-bond donors (Lipinski definition) is 0. The molecule has 92 valence electrons. The number of aryl methyl sites for hydroxylation is 1. The minimum atomic E-state index is -0.180. The van der Waals surface area contributed by atoms with Crippen LogP contribution in [0.2, 0.25) is 0 Å². The van der Waals surface area contributed by atoms with Crippen molar-refractivity contribution in [2.75, 3.05) is 13.7 Å². The molecule has 0 atom stereocenters. The highest BCUT2D eigenvalue weighted by Gasteiger charge is 2.16. The second kappa shape index (κ2) is 5.70. The fourth-order valence-corrected chi connectivity index (χ4v) is 1.33. The Kier molecular flexibility index (Phi) is 4.53. The molecule has 0 aliphatic rings. The van der Waals surface area contributed by atoms with E-state index in [2.05, 4.69) is 6.07 Å². The van der Waals surface area contributed by atoms with E-state index in [1.165, 1.54) is 0 Å². The predicted octanol–water partition coefficient (Wildman–Crippen LogP) is 3.06. The quantitative estimate of drug-likeness (QED) is 0.785. The fourth-order valence-electron chi connectivity index (χ4n) is 1.33. The summed E-state index contributed by atoms with van der Waals surface area (Å²) in [5.74, 6) is 0.774. The van der Waals surface area contributed by atoms with Gasteiger partial charge in [0.1, 0.15) is 5.75 Å². The first-order valence-corrected chi connectivity index (χ1v) is 5.67. The van der Waals surface area contributed by atoms with Crippen LogP contribution in [-0.2, 0) is 4.74 Å². The van der Waals surface area contributed by atoms with Gasteiger partial charge < -0.3 is 9.47 Å². The lowest BCUT2D eigenvalue weighted by Gasteiger charge is -2.22. The molecule has 1 aromatic carbocycles. The zero-order valence-corrected chi connectivity index (χ0v) is 10.9. The summed E-state index contributed by atoms with van der Waals surface area (Å²) in [5, 5.41) is 8.82. The van der Waals surface area contributed by atoms with Gasteiger partial charge in [-0.2, -0.15) is 5.26 Å². The Labute approximate surface area is 103 Å². The molecule has 0 N–H and O–H groups in total. The molecule has 1 aromatic rings. The van der Waals surface area contributed by atoms with E-state index in [-0.39, 0.29) is 5.60 Å². The molecule has 1 rings (SSSR count). The summed E-state index contributed by atoms with van der Waals surface area (Å²) in [5.41, 5.74) is 1.48. The third-order valence-corrected chi connectivity index (χ3v) is 2.83. The van der Waals surface area contributed by atoms with Crippen molar-refractivity contribution in [3.8, 4) is 11.8 Å². The van der Waals surface area contributed by atoms with Crippen LogP contribution in [0, 0.1) is 18.3 Å². The van der Waals surface area contributed by atoms with E-state index >= 15 is 0 Å². The molecule has 3 heteroatoms. The third kappa shape index (κ3) is 4.08. The highest BCUT2D eigenvalue weighted by molar-refractivity contribution is 5.41. The first-order valence-electron chi connectivity index (χ1n) is 5.67. The van der Waals surface area contributed by atoms with E-state index in [0.717, 1.165) is 17.7 Å². The van der Waals surface area contributed by atoms with Gasteiger partial charge in [-0.05, 0) is 38.5 Å². The average Bonchev–Trinajstić information content (AvgIpc) is 2.31. The summed E-state index contributed by atoms with van der Waals surface area (Å²) in [4.78, 5) is 0. The van der Waals surface area contributed by atoms with Crippen LogP contribution >= 0.6 is 0 Å². The number of nitrogens with zero attached hydrogens (tertiary/aromatic N) is 1. The maximum absolute atomic E-state index is 8.82. The Bertz CT molecular complexity index is 419. The number of ether oxygens (including phenoxy) is 2. The monoisotopic (exact) mass is 233 g/mol. The molecule has 17 heavy (non-hydrogen) atoms. The molecule has 0 fully saturated rings. The Morgan fingerprint density at radius 2 is 2.06 bits per heavy atom. The zero-order chi connectivity index (χ0) is 12.9. The Morgan fingerprint density at radius 3 is 2.65 bits per heavy atom. The first kappa shape index (κ1) is 13.5. The van der Waals surface area contributed by atoms with E-state index in [1.807, 2.05) is 26.8 Å². The first-order chi connectivity index (χ1) is 7.98. The van der Waals surface area contributed by atoms with Crippen LogP contribution in [0.25, 0.3) is 0 Å². The lowest BCUT2D eigenvalue weighted by atomic mass is 10.1. The van der Waals surface area contributed by atoms with E-state index in [9.17, 15) is 0 Å². The van der Waals surface area contributed by atoms with Crippen LogP contribution in [-0.4, -0.2) is 19.3 Å². The molecule has 0 spiro atoms. The zero-order valence-electron chi connectivity index (χ0n) is 10.9. The number of benzene rings is 1. The largest absolute Gasteiger partial charge is 0.493 e. The molecule has 0 aliphatic heterocycles. The van der Waals surface area contributed by atoms with Crippen LogP contribution in [0.5, 0.6) is 5.75 Å². The van der Waals surface area contributed by atoms with Gasteiger partial charge in [-0.1, -0.05) is 6.07 Å². The van der Waals surface area contributed by atoms with Gasteiger partial charge in [-0.3, -0.25) is 0 Å². The van der Waals surface area contributed by atoms with Crippen molar-refractivity contribution in [1.82, 2.24) is 0 Å². The third-order valence-electron chi connectivity index (χ3n) is 2.83. The van der Waals surface area contributed by atoms with Gasteiger partial charge in [-0.15, -0.1) is 0 Å². The van der Waals surface area contributed by atoms with Crippen LogP contribution in [0.15, 0.2) is 18.2 Å². The van der Waals surface area contributed by atoms with Crippen molar-refractivity contribution in [1.29, 1.82) is 5.26 Å². The molecule has 3 nitrogen and oxygen atoms in total. The summed E-state index contributed by atoms with van der Waals surface area (Å²) in [7, 11) is 1.70. The van der Waals surface area contributed by atoms with Gasteiger partial charge in [-0.25, -0.2) is 0 Å². The van der Waals surface area contributed by atoms with E-state index in [1.54, 1.807) is 19.2 Å². The van der Waals surface area contributed by atoms with Crippen LogP contribution in [0.1, 0.15) is 31.4 Å². The molecule has 0 saturated heterocycles. The van der Waals surface area contributed by atoms with E-state index in [4.69, 9.17) is 14.7 Å². The van der Waals surface area contributed by atoms with Gasteiger partial charge in [0, 0.05) is 13.5 Å². The maximum atomic E-state index is 8.82. The van der Waals surface area contributed by atoms with Crippen molar-refractivity contribution < 1.29 is 9.47 Å². The molecular formula is C14H19NO2. The molecule has 0 aromatic heterocycles. The van der Waals surface area contributed by atoms with E-state index in [0.29, 0.717) is 12.2 Å². The van der Waals surface area contributed by atoms with Crippen LogP contribution < -0.4 is 4.74 Å². The standard InChI is InChI=1S/C14H19NO2/c1-11-5-6-12(10-15)9-13(11)17-8-7-14(2,3)16-4/h5-6,9H,7-8H2,1-4H3. The van der Waals surface area contributed by atoms with Crippen LogP contribution in [0.3, 0.4) is 0 Å². The summed E-state index contributed by atoms with van der Waals surface area (Å²) in [6, 6.07) is 7.57. The number of rotatable bonds is 5. The molecule has 0 saturated carbocycles. The molecule has 0 bridgehead atoms. The predicted molar refractivity (Wildman–Crippen MR) is 67.1 cm³/mol. The molecule has 0 amide bonds. The van der Waals surface area contributed by atoms with Gasteiger partial charge in [0.15, 0.2) is 0 Å². The lowest BCUT2D eigenvalue weighted by Crippen LogP contribution is -2.25. The average molecular weight is 233 g/mol. The molecular weight excluding hydrogens is 214 g/mol. The van der Waals surface area contributed by atoms with Crippen molar-refractivity contribution in [2.45, 2.75) is 32.8 Å². The minimum absolute atomic E-state index is 0.180. The minimum Gasteiger partial charge on any atom is -0.493 e. The second-order valence-corrected chi connectivity index (χ2v) is 4.65. The van der Waals surface area contributed by atoms with Crippen molar-refractivity contribution in [2.24, 2.45) is 0 Å². The van der Waals surface area contributed by atoms with Gasteiger partial charge >= 0.3 is 0 Å². The number of hydrogen-bond acceptors (Lipinski definition) is 3. The van der Waals surface area contributed by atoms with Gasteiger partial charge in [0.25, 0.3) is 0 Å². The second-order valence-electron chi connectivity index (χ2n) is 4.65. The Morgan fingerprint density at radius 1 is 1.35 bits per heavy atom. The molecule has 0 radical (unpaired) electrons. The van der Waals surface area contributed by atoms with Crippen molar-refractivity contribution >= 4 is 0 Å². The number of nitriles is 1. The molecule has 0 unspecified atom stereocenters. The normalized spacial score (nSPS) is 11.0. The van der Waals surface area contributed by atoms with E-state index < -0.39 is 0 Å². The van der Waals surface area contributed by atoms with Crippen molar-refractivity contribution in [3.05, 3.63) is 29.3 Å². The SMILES string of the molecule is COC(C)(C)CCOc1cc(C#N)ccc1C. The lowest BCUT2D eigenvalue weighted by molar-refractivity contribution is 0.00540. The molecule has 0 heterocycles. The summed E-state index contributed by atoms with van der Waals surface area (Å²) < 4.78 is 11.0. The maximum Gasteiger partial charge on any atom is 0.123 e. The summed E-state index contributed by atoms with van der Waals surface area (Å²) in [6.07, 6.45) is 0.805. The van der Waals surface area contributed by atoms with Crippen LogP contribution in [0.4, 0.5) is 0 Å². The van der Waals surface area contributed by atoms with Gasteiger partial charge in [0.05, 0.1) is 23.8 Å². The van der Waals surface area contributed by atoms with Crippen molar-refractivity contribution in [3.63, 3.8) is 0 Å². The Balaban J connectivity index is 2.61. The highest BCUT2D eigenvalue weighted by atomic mass is 16.5. The summed E-state index contributed by atoms with van der Waals surface area (Å²) >= 11 is 0. The smallest absolute Gasteiger partial charge is 0.123 e. The fraction of sp³-hybridized carbons (Fsp3) is 0.500. The summed E-state index contributed by atoms with van der Waals surface area (Å²) in [6.45, 7) is 6.60.